The number of hydrogen-bond donors (Lipinski definition) is 1. The SMILES string of the molecule is CN1CCC[C@@H]1CCn1ccc2ccc(N=C(N)c3cccs3)cc21.Cl. The predicted octanol–water partition coefficient (Wildman–Crippen LogP) is 4.65. The lowest BCUT2D eigenvalue weighted by atomic mass is 10.1. The summed E-state index contributed by atoms with van der Waals surface area (Å²) in [6.07, 6.45) is 6.04. The zero-order chi connectivity index (χ0) is 17.2. The van der Waals surface area contributed by atoms with Crippen molar-refractivity contribution in [1.29, 1.82) is 0 Å². The molecule has 2 aromatic heterocycles. The molecule has 0 unspecified atom stereocenters. The van der Waals surface area contributed by atoms with Gasteiger partial charge in [-0.3, -0.25) is 0 Å². The quantitative estimate of drug-likeness (QED) is 0.511. The number of rotatable bonds is 5. The molecule has 1 atom stereocenters. The van der Waals surface area contributed by atoms with E-state index in [1.807, 2.05) is 23.6 Å². The van der Waals surface area contributed by atoms with Crippen LogP contribution in [0.25, 0.3) is 10.9 Å². The Labute approximate surface area is 164 Å². The number of hydrogen-bond acceptors (Lipinski definition) is 3. The molecule has 0 radical (unpaired) electrons. The summed E-state index contributed by atoms with van der Waals surface area (Å²) in [5.41, 5.74) is 8.28. The molecule has 26 heavy (non-hydrogen) atoms. The van der Waals surface area contributed by atoms with Gasteiger partial charge in [0.1, 0.15) is 5.84 Å². The van der Waals surface area contributed by atoms with Crippen molar-refractivity contribution in [3.8, 4) is 0 Å². The Morgan fingerprint density at radius 3 is 2.92 bits per heavy atom. The van der Waals surface area contributed by atoms with E-state index in [0.717, 1.165) is 17.1 Å². The van der Waals surface area contributed by atoms with Gasteiger partial charge in [0.15, 0.2) is 0 Å². The first-order valence-electron chi connectivity index (χ1n) is 8.88. The lowest BCUT2D eigenvalue weighted by Gasteiger charge is -2.19. The molecule has 0 aliphatic carbocycles. The molecule has 3 aromatic rings. The Bertz CT molecular complexity index is 884. The number of thiophene rings is 1. The Morgan fingerprint density at radius 2 is 2.19 bits per heavy atom. The number of aromatic nitrogens is 1. The first-order valence-corrected chi connectivity index (χ1v) is 9.76. The van der Waals surface area contributed by atoms with Crippen LogP contribution in [0.2, 0.25) is 0 Å². The zero-order valence-electron chi connectivity index (χ0n) is 15.0. The van der Waals surface area contributed by atoms with Gasteiger partial charge in [-0.25, -0.2) is 4.99 Å². The summed E-state index contributed by atoms with van der Waals surface area (Å²) in [5, 5.41) is 3.28. The maximum Gasteiger partial charge on any atom is 0.141 e. The molecule has 0 spiro atoms. The number of aliphatic imine (C=N–C) groups is 1. The van der Waals surface area contributed by atoms with Crippen LogP contribution in [0.1, 0.15) is 24.1 Å². The molecule has 6 heteroatoms. The van der Waals surface area contributed by atoms with Gasteiger partial charge in [0.05, 0.1) is 16.1 Å². The van der Waals surface area contributed by atoms with E-state index in [0.29, 0.717) is 11.9 Å². The second-order valence-electron chi connectivity index (χ2n) is 6.79. The van der Waals surface area contributed by atoms with Gasteiger partial charge in [-0.2, -0.15) is 0 Å². The number of fused-ring (bicyclic) bond motifs is 1. The lowest BCUT2D eigenvalue weighted by Crippen LogP contribution is -2.25. The van der Waals surface area contributed by atoms with Crippen LogP contribution in [0.15, 0.2) is 53.0 Å². The Balaban J connectivity index is 0.00000196. The Hall–Kier alpha value is -1.82. The van der Waals surface area contributed by atoms with Gasteiger partial charge in [0, 0.05) is 18.8 Å². The van der Waals surface area contributed by atoms with Crippen LogP contribution in [0, 0.1) is 0 Å². The number of amidine groups is 1. The molecule has 0 bridgehead atoms. The number of halogens is 1. The predicted molar refractivity (Wildman–Crippen MR) is 114 cm³/mol. The smallest absolute Gasteiger partial charge is 0.141 e. The van der Waals surface area contributed by atoms with E-state index < -0.39 is 0 Å². The van der Waals surface area contributed by atoms with E-state index in [2.05, 4.69) is 45.9 Å². The molecule has 0 saturated carbocycles. The summed E-state index contributed by atoms with van der Waals surface area (Å²) in [6, 6.07) is 13.2. The summed E-state index contributed by atoms with van der Waals surface area (Å²) < 4.78 is 2.35. The monoisotopic (exact) mass is 388 g/mol. The van der Waals surface area contributed by atoms with Gasteiger partial charge < -0.3 is 15.2 Å². The van der Waals surface area contributed by atoms with Gasteiger partial charge in [0.2, 0.25) is 0 Å². The molecule has 1 aliphatic rings. The summed E-state index contributed by atoms with van der Waals surface area (Å²) >= 11 is 1.62. The van der Waals surface area contributed by atoms with E-state index >= 15 is 0 Å². The molecule has 138 valence electrons. The van der Waals surface area contributed by atoms with Gasteiger partial charge in [-0.1, -0.05) is 12.1 Å². The van der Waals surface area contributed by atoms with Crippen LogP contribution in [0.5, 0.6) is 0 Å². The average Bonchev–Trinajstić information content (AvgIpc) is 3.34. The van der Waals surface area contributed by atoms with Crippen LogP contribution in [0.3, 0.4) is 0 Å². The molecule has 2 N–H and O–H groups in total. The topological polar surface area (TPSA) is 46.5 Å². The molecule has 0 amide bonds. The highest BCUT2D eigenvalue weighted by Crippen LogP contribution is 2.25. The normalized spacial score (nSPS) is 18.3. The second-order valence-corrected chi connectivity index (χ2v) is 7.74. The van der Waals surface area contributed by atoms with Crippen LogP contribution >= 0.6 is 23.7 Å². The van der Waals surface area contributed by atoms with Crippen molar-refractivity contribution in [3.05, 3.63) is 52.9 Å². The maximum atomic E-state index is 6.13. The number of benzene rings is 1. The minimum atomic E-state index is 0. The van der Waals surface area contributed by atoms with Crippen LogP contribution in [-0.4, -0.2) is 34.9 Å². The number of aryl methyl sites for hydroxylation is 1. The molecule has 1 aromatic carbocycles. The van der Waals surface area contributed by atoms with E-state index in [1.165, 1.54) is 36.7 Å². The van der Waals surface area contributed by atoms with E-state index in [1.54, 1.807) is 11.3 Å². The highest BCUT2D eigenvalue weighted by Gasteiger charge is 2.20. The van der Waals surface area contributed by atoms with Crippen molar-refractivity contribution in [1.82, 2.24) is 9.47 Å². The second kappa shape index (κ2) is 8.25. The van der Waals surface area contributed by atoms with Crippen LogP contribution in [-0.2, 0) is 6.54 Å². The van der Waals surface area contributed by atoms with Crippen LogP contribution < -0.4 is 5.73 Å². The molecule has 4 nitrogen and oxygen atoms in total. The highest BCUT2D eigenvalue weighted by molar-refractivity contribution is 7.12. The van der Waals surface area contributed by atoms with Crippen LogP contribution in [0.4, 0.5) is 5.69 Å². The van der Waals surface area contributed by atoms with Crippen molar-refractivity contribution in [2.24, 2.45) is 10.7 Å². The first kappa shape index (κ1) is 19.0. The van der Waals surface area contributed by atoms with E-state index in [4.69, 9.17) is 5.73 Å². The van der Waals surface area contributed by atoms with Gasteiger partial charge in [0.25, 0.3) is 0 Å². The third-order valence-electron chi connectivity index (χ3n) is 5.16. The number of nitrogens with zero attached hydrogens (tertiary/aromatic N) is 3. The molecule has 1 saturated heterocycles. The fourth-order valence-electron chi connectivity index (χ4n) is 3.69. The molecular formula is C20H25ClN4S. The average molecular weight is 389 g/mol. The fourth-order valence-corrected chi connectivity index (χ4v) is 4.31. The van der Waals surface area contributed by atoms with E-state index in [-0.39, 0.29) is 12.4 Å². The van der Waals surface area contributed by atoms with Crippen molar-refractivity contribution >= 4 is 46.2 Å². The van der Waals surface area contributed by atoms with Crippen molar-refractivity contribution < 1.29 is 0 Å². The zero-order valence-corrected chi connectivity index (χ0v) is 16.6. The van der Waals surface area contributed by atoms with Crippen molar-refractivity contribution in [3.63, 3.8) is 0 Å². The van der Waals surface area contributed by atoms with E-state index in [9.17, 15) is 0 Å². The number of likely N-dealkylation sites (tertiary alicyclic amines) is 1. The van der Waals surface area contributed by atoms with Crippen molar-refractivity contribution in [2.75, 3.05) is 13.6 Å². The lowest BCUT2D eigenvalue weighted by molar-refractivity contribution is 0.287. The molecule has 4 rings (SSSR count). The minimum absolute atomic E-state index is 0. The molecular weight excluding hydrogens is 364 g/mol. The van der Waals surface area contributed by atoms with Gasteiger partial charge in [-0.05, 0) is 67.9 Å². The Kier molecular flexibility index (Phi) is 6.01. The summed E-state index contributed by atoms with van der Waals surface area (Å²) in [6.45, 7) is 2.28. The molecule has 1 aliphatic heterocycles. The summed E-state index contributed by atoms with van der Waals surface area (Å²) in [7, 11) is 2.24. The highest BCUT2D eigenvalue weighted by atomic mass is 35.5. The molecule has 3 heterocycles. The standard InChI is InChI=1S/C20H24N4S.ClH/c1-23-10-2-4-17(23)9-12-24-11-8-15-6-7-16(14-18(15)24)22-20(21)19-5-3-13-25-19;/h3,5-8,11,13-14,17H,2,4,9-10,12H2,1H3,(H2,21,22);1H/t17-;/m1./s1. The van der Waals surface area contributed by atoms with Gasteiger partial charge >= 0.3 is 0 Å². The third-order valence-corrected chi connectivity index (χ3v) is 6.05. The Morgan fingerprint density at radius 1 is 1.31 bits per heavy atom. The third kappa shape index (κ3) is 3.95. The maximum absolute atomic E-state index is 6.13. The minimum Gasteiger partial charge on any atom is -0.383 e. The van der Waals surface area contributed by atoms with Crippen molar-refractivity contribution in [2.45, 2.75) is 31.8 Å². The number of nitrogens with two attached hydrogens (primary N) is 1. The molecule has 1 fully saturated rings. The summed E-state index contributed by atoms with van der Waals surface area (Å²) in [5.74, 6) is 0.583. The van der Waals surface area contributed by atoms with Gasteiger partial charge in [-0.15, -0.1) is 23.7 Å². The fraction of sp³-hybridized carbons (Fsp3) is 0.350. The summed E-state index contributed by atoms with van der Waals surface area (Å²) in [4.78, 5) is 8.11. The first-order chi connectivity index (χ1) is 12.2. The largest absolute Gasteiger partial charge is 0.383 e.